The van der Waals surface area contributed by atoms with Crippen molar-refractivity contribution in [2.75, 3.05) is 40.0 Å². The van der Waals surface area contributed by atoms with E-state index in [1.807, 2.05) is 30.3 Å². The van der Waals surface area contributed by atoms with Gasteiger partial charge in [0.2, 0.25) is 0 Å². The van der Waals surface area contributed by atoms with E-state index in [2.05, 4.69) is 15.6 Å². The molecule has 118 valence electrons. The van der Waals surface area contributed by atoms with Gasteiger partial charge in [-0.15, -0.1) is 24.0 Å². The Bertz CT molecular complexity index is 409. The molecule has 1 fully saturated rings. The minimum atomic E-state index is 0. The fourth-order valence-corrected chi connectivity index (χ4v) is 2.06. The highest BCUT2D eigenvalue weighted by Crippen LogP contribution is 2.10. The van der Waals surface area contributed by atoms with Crippen molar-refractivity contribution in [3.63, 3.8) is 0 Å². The lowest BCUT2D eigenvalue weighted by molar-refractivity contribution is 0.186. The van der Waals surface area contributed by atoms with Crippen LogP contribution < -0.4 is 15.4 Å². The molecule has 0 aromatic heterocycles. The second-order valence-corrected chi connectivity index (χ2v) is 4.77. The van der Waals surface area contributed by atoms with Crippen LogP contribution >= 0.6 is 24.0 Å². The van der Waals surface area contributed by atoms with Crippen LogP contribution in [0.3, 0.4) is 0 Å². The fraction of sp³-hybridized carbons (Fsp3) is 0.533. The molecule has 0 amide bonds. The predicted molar refractivity (Wildman–Crippen MR) is 95.6 cm³/mol. The molecule has 1 aliphatic heterocycles. The predicted octanol–water partition coefficient (Wildman–Crippen LogP) is 1.88. The van der Waals surface area contributed by atoms with Crippen LogP contribution in [0.1, 0.15) is 6.42 Å². The van der Waals surface area contributed by atoms with E-state index in [0.717, 1.165) is 44.4 Å². The number of para-hydroxylation sites is 1. The van der Waals surface area contributed by atoms with E-state index in [1.54, 1.807) is 7.05 Å². The first-order valence-corrected chi connectivity index (χ1v) is 7.08. The summed E-state index contributed by atoms with van der Waals surface area (Å²) in [6.07, 6.45) is 1.13. The van der Waals surface area contributed by atoms with E-state index in [4.69, 9.17) is 9.47 Å². The first-order chi connectivity index (χ1) is 9.88. The van der Waals surface area contributed by atoms with E-state index in [0.29, 0.717) is 12.5 Å². The molecule has 0 bridgehead atoms. The Kier molecular flexibility index (Phi) is 9.16. The molecule has 0 radical (unpaired) electrons. The standard InChI is InChI=1S/C15H23N3O2.HI/c1-16-15(18-11-13-7-9-19-12-13)17-8-10-20-14-5-3-2-4-6-14;/h2-6,13H,7-12H2,1H3,(H2,16,17,18);1H. The van der Waals surface area contributed by atoms with Crippen LogP contribution in [0.25, 0.3) is 0 Å². The van der Waals surface area contributed by atoms with Crippen molar-refractivity contribution in [1.82, 2.24) is 10.6 Å². The zero-order chi connectivity index (χ0) is 14.0. The van der Waals surface area contributed by atoms with Crippen LogP contribution in [-0.2, 0) is 4.74 Å². The molecule has 5 nitrogen and oxygen atoms in total. The fourth-order valence-electron chi connectivity index (χ4n) is 2.06. The lowest BCUT2D eigenvalue weighted by Gasteiger charge is -2.14. The van der Waals surface area contributed by atoms with E-state index in [9.17, 15) is 0 Å². The third-order valence-electron chi connectivity index (χ3n) is 3.21. The second kappa shape index (κ2) is 10.7. The molecule has 1 aliphatic rings. The monoisotopic (exact) mass is 405 g/mol. The number of nitrogens with zero attached hydrogens (tertiary/aromatic N) is 1. The molecule has 1 atom stereocenters. The Morgan fingerprint density at radius 2 is 2.14 bits per heavy atom. The maximum absolute atomic E-state index is 5.61. The minimum Gasteiger partial charge on any atom is -0.492 e. The molecule has 1 saturated heterocycles. The van der Waals surface area contributed by atoms with Gasteiger partial charge in [0, 0.05) is 26.1 Å². The first-order valence-electron chi connectivity index (χ1n) is 7.08. The zero-order valence-electron chi connectivity index (χ0n) is 12.4. The van der Waals surface area contributed by atoms with E-state index >= 15 is 0 Å². The maximum atomic E-state index is 5.61. The number of halogens is 1. The zero-order valence-corrected chi connectivity index (χ0v) is 14.7. The third kappa shape index (κ3) is 6.99. The SMILES string of the molecule is CN=C(NCCOc1ccccc1)NCC1CCOC1.I. The summed E-state index contributed by atoms with van der Waals surface area (Å²) in [4.78, 5) is 4.19. The number of hydrogen-bond acceptors (Lipinski definition) is 3. The summed E-state index contributed by atoms with van der Waals surface area (Å²) in [7, 11) is 1.78. The average Bonchev–Trinajstić information content (AvgIpc) is 3.01. The topological polar surface area (TPSA) is 54.9 Å². The molecule has 2 rings (SSSR count). The van der Waals surface area contributed by atoms with Crippen LogP contribution in [0.4, 0.5) is 0 Å². The molecule has 0 aliphatic carbocycles. The number of guanidine groups is 1. The summed E-state index contributed by atoms with van der Waals surface area (Å²) in [6, 6.07) is 9.81. The highest BCUT2D eigenvalue weighted by Gasteiger charge is 2.15. The lowest BCUT2D eigenvalue weighted by atomic mass is 10.1. The molecule has 1 heterocycles. The second-order valence-electron chi connectivity index (χ2n) is 4.77. The third-order valence-corrected chi connectivity index (χ3v) is 3.21. The summed E-state index contributed by atoms with van der Waals surface area (Å²) in [5.41, 5.74) is 0. The van der Waals surface area contributed by atoms with Gasteiger partial charge in [-0.1, -0.05) is 18.2 Å². The molecule has 0 saturated carbocycles. The van der Waals surface area contributed by atoms with Gasteiger partial charge in [0.15, 0.2) is 5.96 Å². The molecule has 6 heteroatoms. The maximum Gasteiger partial charge on any atom is 0.191 e. The average molecular weight is 405 g/mol. The van der Waals surface area contributed by atoms with Crippen LogP contribution in [-0.4, -0.2) is 45.9 Å². The Morgan fingerprint density at radius 1 is 1.33 bits per heavy atom. The first kappa shape index (κ1) is 18.0. The van der Waals surface area contributed by atoms with E-state index < -0.39 is 0 Å². The summed E-state index contributed by atoms with van der Waals surface area (Å²) >= 11 is 0. The van der Waals surface area contributed by atoms with Crippen molar-refractivity contribution < 1.29 is 9.47 Å². The molecule has 2 N–H and O–H groups in total. The number of ether oxygens (including phenoxy) is 2. The summed E-state index contributed by atoms with van der Waals surface area (Å²) in [5, 5.41) is 6.55. The van der Waals surface area contributed by atoms with Crippen LogP contribution in [0.2, 0.25) is 0 Å². The molecule has 1 aromatic carbocycles. The van der Waals surface area contributed by atoms with Crippen molar-refractivity contribution in [3.05, 3.63) is 30.3 Å². The van der Waals surface area contributed by atoms with Gasteiger partial charge >= 0.3 is 0 Å². The number of nitrogens with one attached hydrogen (secondary N) is 2. The van der Waals surface area contributed by atoms with Crippen molar-refractivity contribution in [2.45, 2.75) is 6.42 Å². The van der Waals surface area contributed by atoms with E-state index in [1.165, 1.54) is 0 Å². The quantitative estimate of drug-likeness (QED) is 0.329. The van der Waals surface area contributed by atoms with Gasteiger partial charge in [0.1, 0.15) is 12.4 Å². The number of benzene rings is 1. The number of hydrogen-bond donors (Lipinski definition) is 2. The van der Waals surface area contributed by atoms with Gasteiger partial charge in [0.05, 0.1) is 13.2 Å². The molecule has 1 aromatic rings. The molecule has 0 spiro atoms. The highest BCUT2D eigenvalue weighted by molar-refractivity contribution is 14.0. The van der Waals surface area contributed by atoms with Crippen LogP contribution in [0, 0.1) is 5.92 Å². The molecule has 1 unspecified atom stereocenters. The van der Waals surface area contributed by atoms with Crippen molar-refractivity contribution in [2.24, 2.45) is 10.9 Å². The smallest absolute Gasteiger partial charge is 0.191 e. The highest BCUT2D eigenvalue weighted by atomic mass is 127. The van der Waals surface area contributed by atoms with Crippen molar-refractivity contribution in [3.8, 4) is 5.75 Å². The number of aliphatic imine (C=N–C) groups is 1. The largest absolute Gasteiger partial charge is 0.492 e. The van der Waals surface area contributed by atoms with Gasteiger partial charge in [-0.25, -0.2) is 0 Å². The Morgan fingerprint density at radius 3 is 2.81 bits per heavy atom. The molecular weight excluding hydrogens is 381 g/mol. The van der Waals surface area contributed by atoms with Gasteiger partial charge in [-0.3, -0.25) is 4.99 Å². The lowest BCUT2D eigenvalue weighted by Crippen LogP contribution is -2.41. The van der Waals surface area contributed by atoms with Gasteiger partial charge < -0.3 is 20.1 Å². The van der Waals surface area contributed by atoms with Crippen molar-refractivity contribution in [1.29, 1.82) is 0 Å². The summed E-state index contributed by atoms with van der Waals surface area (Å²) in [5.74, 6) is 2.29. The van der Waals surface area contributed by atoms with Gasteiger partial charge in [-0.05, 0) is 18.6 Å². The normalized spacial score (nSPS) is 18.0. The van der Waals surface area contributed by atoms with E-state index in [-0.39, 0.29) is 24.0 Å². The Balaban J connectivity index is 0.00000220. The summed E-state index contributed by atoms with van der Waals surface area (Å²) in [6.45, 7) is 3.95. The molecular formula is C15H24IN3O2. The van der Waals surface area contributed by atoms with Gasteiger partial charge in [0.25, 0.3) is 0 Å². The van der Waals surface area contributed by atoms with Crippen molar-refractivity contribution >= 4 is 29.9 Å². The summed E-state index contributed by atoms with van der Waals surface area (Å²) < 4.78 is 11.0. The molecule has 21 heavy (non-hydrogen) atoms. The minimum absolute atomic E-state index is 0. The van der Waals surface area contributed by atoms with Crippen LogP contribution in [0.15, 0.2) is 35.3 Å². The van der Waals surface area contributed by atoms with Gasteiger partial charge in [-0.2, -0.15) is 0 Å². The Hall–Kier alpha value is -1.02. The number of rotatable bonds is 6. The Labute approximate surface area is 143 Å². The van der Waals surface area contributed by atoms with Crippen LogP contribution in [0.5, 0.6) is 5.75 Å².